The van der Waals surface area contributed by atoms with Crippen molar-refractivity contribution in [1.82, 2.24) is 19.5 Å². The molecule has 4 aromatic rings. The summed E-state index contributed by atoms with van der Waals surface area (Å²) in [5.41, 5.74) is -1.41. The largest absolute Gasteiger partial charge is 0.458 e. The lowest BCUT2D eigenvalue weighted by molar-refractivity contribution is -0.289. The van der Waals surface area contributed by atoms with Crippen LogP contribution in [-0.4, -0.2) is 46.3 Å². The molecule has 1 aromatic carbocycles. The molecule has 14 heteroatoms. The highest BCUT2D eigenvalue weighted by Gasteiger charge is 2.59. The fourth-order valence-corrected chi connectivity index (χ4v) is 5.17. The topological polar surface area (TPSA) is 77.7 Å². The maximum Gasteiger partial charge on any atom is 0.458 e. The van der Waals surface area contributed by atoms with Crippen LogP contribution in [0.4, 0.5) is 30.7 Å². The van der Waals surface area contributed by atoms with E-state index in [1.807, 2.05) is 0 Å². The molecule has 0 spiro atoms. The number of aryl methyl sites for hydroxylation is 2. The first-order valence-electron chi connectivity index (χ1n) is 10.9. The van der Waals surface area contributed by atoms with Gasteiger partial charge < -0.3 is 4.57 Å². The lowest BCUT2D eigenvalue weighted by Gasteiger charge is -2.19. The van der Waals surface area contributed by atoms with E-state index in [-0.39, 0.29) is 51.6 Å². The second-order valence-electron chi connectivity index (χ2n) is 8.32. The molecule has 0 aliphatic heterocycles. The first-order chi connectivity index (χ1) is 17.2. The Morgan fingerprint density at radius 1 is 1.03 bits per heavy atom. The van der Waals surface area contributed by atoms with Gasteiger partial charge in [0.1, 0.15) is 16.1 Å². The fraction of sp³-hybridized carbons (Fsp3) is 0.348. The minimum absolute atomic E-state index is 0.0620. The summed E-state index contributed by atoms with van der Waals surface area (Å²) in [4.78, 5) is 11.8. The molecule has 4 rings (SSSR count). The molecule has 3 aromatic heterocycles. The predicted molar refractivity (Wildman–Crippen MR) is 121 cm³/mol. The highest BCUT2D eigenvalue weighted by Crippen LogP contribution is 2.44. The molecule has 0 aliphatic rings. The Bertz CT molecular complexity index is 1600. The number of alkyl halides is 7. The summed E-state index contributed by atoms with van der Waals surface area (Å²) in [5.74, 6) is -5.63. The molecule has 0 saturated carbocycles. The third-order valence-corrected chi connectivity index (χ3v) is 7.69. The van der Waals surface area contributed by atoms with E-state index >= 15 is 0 Å². The Balaban J connectivity index is 1.93. The maximum atomic E-state index is 13.9. The maximum absolute atomic E-state index is 13.9. The van der Waals surface area contributed by atoms with Gasteiger partial charge in [0.05, 0.1) is 11.3 Å². The van der Waals surface area contributed by atoms with E-state index in [4.69, 9.17) is 0 Å². The average Bonchev–Trinajstić information content (AvgIpc) is 3.16. The number of rotatable bonds is 7. The van der Waals surface area contributed by atoms with Crippen molar-refractivity contribution in [2.24, 2.45) is 7.05 Å². The van der Waals surface area contributed by atoms with Crippen LogP contribution in [0.1, 0.15) is 24.5 Å². The van der Waals surface area contributed by atoms with Crippen LogP contribution in [0, 0.1) is 0 Å². The van der Waals surface area contributed by atoms with Crippen LogP contribution < -0.4 is 0 Å². The Kier molecular flexibility index (Phi) is 6.67. The smallest absolute Gasteiger partial charge is 0.310 e. The van der Waals surface area contributed by atoms with Gasteiger partial charge in [-0.05, 0) is 24.1 Å². The quantitative estimate of drug-likeness (QED) is 0.272. The molecule has 0 amide bonds. The van der Waals surface area contributed by atoms with Gasteiger partial charge in [-0.1, -0.05) is 19.1 Å². The predicted octanol–water partition coefficient (Wildman–Crippen LogP) is 5.83. The summed E-state index contributed by atoms with van der Waals surface area (Å²) in [7, 11) is -2.58. The Morgan fingerprint density at radius 2 is 1.73 bits per heavy atom. The molecule has 198 valence electrons. The summed E-state index contributed by atoms with van der Waals surface area (Å²) in [6.07, 6.45) is -6.96. The number of halogens is 7. The molecule has 37 heavy (non-hydrogen) atoms. The van der Waals surface area contributed by atoms with E-state index in [0.717, 1.165) is 0 Å². The minimum atomic E-state index is -5.85. The minimum Gasteiger partial charge on any atom is -0.310 e. The second kappa shape index (κ2) is 9.23. The van der Waals surface area contributed by atoms with Crippen molar-refractivity contribution in [1.29, 1.82) is 0 Å². The summed E-state index contributed by atoms with van der Waals surface area (Å²) >= 11 is 0. The zero-order valence-corrected chi connectivity index (χ0v) is 20.1. The molecule has 3 heterocycles. The first-order valence-corrected chi connectivity index (χ1v) is 12.5. The molecule has 6 nitrogen and oxygen atoms in total. The number of pyridine rings is 2. The van der Waals surface area contributed by atoms with Crippen molar-refractivity contribution in [3.8, 4) is 11.5 Å². The van der Waals surface area contributed by atoms with E-state index in [2.05, 4.69) is 15.0 Å². The number of nitrogens with zero attached hydrogens (tertiary/aromatic N) is 4. The Morgan fingerprint density at radius 3 is 2.35 bits per heavy atom. The third kappa shape index (κ3) is 4.74. The lowest BCUT2D eigenvalue weighted by Crippen LogP contribution is -2.33. The summed E-state index contributed by atoms with van der Waals surface area (Å²) < 4.78 is 119. The van der Waals surface area contributed by atoms with E-state index in [1.165, 1.54) is 36.9 Å². The normalized spacial score (nSPS) is 13.2. The number of hydrogen-bond acceptors (Lipinski definition) is 5. The summed E-state index contributed by atoms with van der Waals surface area (Å²) in [6, 6.07) is 5.08. The molecule has 0 fully saturated rings. The van der Waals surface area contributed by atoms with Crippen molar-refractivity contribution >= 4 is 31.8 Å². The molecule has 0 aliphatic carbocycles. The molecule has 0 N–H and O–H groups in total. The van der Waals surface area contributed by atoms with Crippen molar-refractivity contribution in [3.05, 3.63) is 47.8 Å². The van der Waals surface area contributed by atoms with Crippen LogP contribution in [-0.2, 0) is 29.2 Å². The SMILES string of the molecule is CCS(=O)(=O)c1c(-c2nc3cc(C(F)(F)C(F)(F)F)cnc3n2C)ncc2cc(CCC(F)F)ccc12. The van der Waals surface area contributed by atoms with Crippen LogP contribution in [0.15, 0.2) is 41.6 Å². The van der Waals surface area contributed by atoms with Gasteiger partial charge in [-0.15, -0.1) is 0 Å². The number of aromatic nitrogens is 4. The zero-order chi connectivity index (χ0) is 27.3. The van der Waals surface area contributed by atoms with Gasteiger partial charge >= 0.3 is 12.1 Å². The number of hydrogen-bond donors (Lipinski definition) is 0. The van der Waals surface area contributed by atoms with Crippen LogP contribution in [0.25, 0.3) is 33.5 Å². The zero-order valence-electron chi connectivity index (χ0n) is 19.3. The monoisotopic (exact) mass is 548 g/mol. The van der Waals surface area contributed by atoms with Crippen molar-refractivity contribution < 1.29 is 39.2 Å². The molecular weight excluding hydrogens is 529 g/mol. The summed E-state index contributed by atoms with van der Waals surface area (Å²) in [6.45, 7) is 1.40. The van der Waals surface area contributed by atoms with Crippen LogP contribution in [0.5, 0.6) is 0 Å². The lowest BCUT2D eigenvalue weighted by atomic mass is 10.0. The van der Waals surface area contributed by atoms with Gasteiger partial charge in [0, 0.05) is 36.6 Å². The van der Waals surface area contributed by atoms with E-state index < -0.39 is 33.9 Å². The van der Waals surface area contributed by atoms with Crippen LogP contribution in [0.2, 0.25) is 0 Å². The number of sulfone groups is 1. The molecular formula is C23H19F7N4O2S. The molecule has 0 atom stereocenters. The van der Waals surface area contributed by atoms with Gasteiger partial charge in [-0.2, -0.15) is 22.0 Å². The molecule has 0 unspecified atom stereocenters. The van der Waals surface area contributed by atoms with Crippen molar-refractivity contribution in [2.75, 3.05) is 5.75 Å². The van der Waals surface area contributed by atoms with Crippen LogP contribution >= 0.6 is 0 Å². The summed E-state index contributed by atoms with van der Waals surface area (Å²) in [5, 5.41) is 0.600. The number of imidazole rings is 1. The average molecular weight is 548 g/mol. The van der Waals surface area contributed by atoms with E-state index in [9.17, 15) is 39.2 Å². The molecule has 0 radical (unpaired) electrons. The second-order valence-corrected chi connectivity index (χ2v) is 10.5. The molecule has 0 bridgehead atoms. The first kappa shape index (κ1) is 26.8. The van der Waals surface area contributed by atoms with Crippen molar-refractivity contribution in [2.45, 2.75) is 43.2 Å². The van der Waals surface area contributed by atoms with Gasteiger partial charge in [0.15, 0.2) is 21.3 Å². The highest BCUT2D eigenvalue weighted by atomic mass is 32.2. The van der Waals surface area contributed by atoms with Gasteiger partial charge in [-0.3, -0.25) is 4.98 Å². The Labute approximate surface area is 206 Å². The number of fused-ring (bicyclic) bond motifs is 2. The standard InChI is InChI=1S/C23H19F7N4O2S/c1-3-37(35,36)19-15-6-4-12(5-7-17(24)25)8-13(15)10-31-18(19)21-33-16-9-14(11-32-20(16)34(21)2)22(26,27)23(28,29)30/h4,6,8-11,17H,3,5,7H2,1-2H3. The molecule has 0 saturated heterocycles. The van der Waals surface area contributed by atoms with E-state index in [0.29, 0.717) is 23.2 Å². The van der Waals surface area contributed by atoms with Crippen LogP contribution in [0.3, 0.4) is 0 Å². The third-order valence-electron chi connectivity index (χ3n) is 5.89. The van der Waals surface area contributed by atoms with Gasteiger partial charge in [0.2, 0.25) is 6.43 Å². The van der Waals surface area contributed by atoms with Crippen molar-refractivity contribution in [3.63, 3.8) is 0 Å². The van der Waals surface area contributed by atoms with Gasteiger partial charge in [0.25, 0.3) is 0 Å². The fourth-order valence-electron chi connectivity index (χ4n) is 3.92. The Hall–Kier alpha value is -3.29. The van der Waals surface area contributed by atoms with E-state index in [1.54, 1.807) is 6.07 Å². The van der Waals surface area contributed by atoms with Gasteiger partial charge in [-0.25, -0.2) is 27.2 Å². The number of benzene rings is 1. The highest BCUT2D eigenvalue weighted by molar-refractivity contribution is 7.91.